The number of carbonyl (C=O) groups excluding carboxylic acids is 1. The average Bonchev–Trinajstić information content (AvgIpc) is 2.72. The van der Waals surface area contributed by atoms with E-state index < -0.39 is 0 Å². The maximum atomic E-state index is 12.6. The minimum absolute atomic E-state index is 0.121. The lowest BCUT2D eigenvalue weighted by Crippen LogP contribution is -2.22. The van der Waals surface area contributed by atoms with Crippen LogP contribution in [0.3, 0.4) is 0 Å². The highest BCUT2D eigenvalue weighted by Crippen LogP contribution is 2.32. The molecule has 0 fully saturated rings. The number of nitrogens with one attached hydrogen (secondary N) is 1. The van der Waals surface area contributed by atoms with E-state index in [2.05, 4.69) is 23.5 Å². The van der Waals surface area contributed by atoms with Gasteiger partial charge in [0.2, 0.25) is 0 Å². The predicted octanol–water partition coefficient (Wildman–Crippen LogP) is 4.72. The summed E-state index contributed by atoms with van der Waals surface area (Å²) in [6, 6.07) is 25.1. The number of nitrogens with zero attached hydrogens (tertiary/aromatic N) is 2. The largest absolute Gasteiger partial charge is 0.348 e. The highest BCUT2D eigenvalue weighted by molar-refractivity contribution is 7.97. The molecule has 0 aliphatic carbocycles. The summed E-state index contributed by atoms with van der Waals surface area (Å²) in [4.78, 5) is 13.8. The van der Waals surface area contributed by atoms with E-state index >= 15 is 0 Å². The third-order valence-electron chi connectivity index (χ3n) is 4.14. The van der Waals surface area contributed by atoms with Crippen molar-refractivity contribution in [3.8, 4) is 17.2 Å². The molecule has 1 amide bonds. The molecule has 0 aliphatic heterocycles. The van der Waals surface area contributed by atoms with Gasteiger partial charge < -0.3 is 5.32 Å². The molecule has 0 radical (unpaired) electrons. The summed E-state index contributed by atoms with van der Waals surface area (Å²) in [5, 5.41) is 11.8. The van der Waals surface area contributed by atoms with Crippen molar-refractivity contribution >= 4 is 17.9 Å². The molecule has 0 bridgehead atoms. The normalized spacial score (nSPS) is 10.5. The zero-order valence-corrected chi connectivity index (χ0v) is 16.7. The standard InChI is InChI=1S/C23H21N3OS/c1-26(2)28-22-9-4-3-8-21(22)19-6-5-7-20(14-19)23(27)25-16-18-12-10-17(15-24)11-13-18/h3-14H,16H2,1-2H3,(H,25,27). The van der Waals surface area contributed by atoms with Crippen molar-refractivity contribution in [3.63, 3.8) is 0 Å². The van der Waals surface area contributed by atoms with Gasteiger partial charge in [0.15, 0.2) is 0 Å². The average molecular weight is 388 g/mol. The second kappa shape index (κ2) is 9.23. The second-order valence-electron chi connectivity index (χ2n) is 6.47. The van der Waals surface area contributed by atoms with Gasteiger partial charge >= 0.3 is 0 Å². The van der Waals surface area contributed by atoms with Crippen molar-refractivity contribution in [2.75, 3.05) is 14.1 Å². The van der Waals surface area contributed by atoms with Crippen LogP contribution in [-0.2, 0) is 6.54 Å². The van der Waals surface area contributed by atoms with E-state index in [-0.39, 0.29) is 5.91 Å². The minimum Gasteiger partial charge on any atom is -0.348 e. The molecule has 0 saturated heterocycles. The summed E-state index contributed by atoms with van der Waals surface area (Å²) in [5.74, 6) is -0.121. The molecule has 0 spiro atoms. The Bertz CT molecular complexity index is 1010. The Morgan fingerprint density at radius 2 is 1.79 bits per heavy atom. The van der Waals surface area contributed by atoms with E-state index in [0.717, 1.165) is 21.6 Å². The first-order valence-corrected chi connectivity index (χ1v) is 9.66. The topological polar surface area (TPSA) is 56.1 Å². The molecule has 4 nitrogen and oxygen atoms in total. The van der Waals surface area contributed by atoms with Crippen LogP contribution in [-0.4, -0.2) is 24.3 Å². The van der Waals surface area contributed by atoms with Crippen LogP contribution in [0.2, 0.25) is 0 Å². The van der Waals surface area contributed by atoms with Gasteiger partial charge in [0, 0.05) is 17.0 Å². The predicted molar refractivity (Wildman–Crippen MR) is 114 cm³/mol. The first-order valence-electron chi connectivity index (χ1n) is 8.89. The van der Waals surface area contributed by atoms with Crippen molar-refractivity contribution < 1.29 is 4.79 Å². The number of amides is 1. The second-order valence-corrected chi connectivity index (χ2v) is 7.82. The highest BCUT2D eigenvalue weighted by atomic mass is 32.2. The van der Waals surface area contributed by atoms with Gasteiger partial charge in [-0.3, -0.25) is 9.10 Å². The first-order chi connectivity index (χ1) is 13.6. The van der Waals surface area contributed by atoms with Crippen molar-refractivity contribution in [2.45, 2.75) is 11.4 Å². The van der Waals surface area contributed by atoms with Crippen LogP contribution in [0, 0.1) is 11.3 Å². The Balaban J connectivity index is 1.76. The van der Waals surface area contributed by atoms with Gasteiger partial charge in [0.25, 0.3) is 5.91 Å². The molecular weight excluding hydrogens is 366 g/mol. The lowest BCUT2D eigenvalue weighted by molar-refractivity contribution is 0.0951. The molecule has 140 valence electrons. The van der Waals surface area contributed by atoms with Crippen LogP contribution in [0.25, 0.3) is 11.1 Å². The molecule has 1 N–H and O–H groups in total. The van der Waals surface area contributed by atoms with Gasteiger partial charge in [-0.1, -0.05) is 42.5 Å². The van der Waals surface area contributed by atoms with E-state index in [4.69, 9.17) is 5.26 Å². The van der Waals surface area contributed by atoms with Crippen LogP contribution in [0.15, 0.2) is 77.7 Å². The Morgan fingerprint density at radius 1 is 1.04 bits per heavy atom. The summed E-state index contributed by atoms with van der Waals surface area (Å²) in [6.45, 7) is 0.418. The molecule has 28 heavy (non-hydrogen) atoms. The van der Waals surface area contributed by atoms with Crippen LogP contribution in [0.4, 0.5) is 0 Å². The molecule has 0 atom stereocenters. The molecule has 0 aliphatic rings. The zero-order valence-electron chi connectivity index (χ0n) is 15.8. The quantitative estimate of drug-likeness (QED) is 0.622. The Labute approximate surface area is 169 Å². The molecule has 3 rings (SSSR count). The van der Waals surface area contributed by atoms with E-state index in [9.17, 15) is 4.79 Å². The fourth-order valence-corrected chi connectivity index (χ4v) is 3.61. The SMILES string of the molecule is CN(C)Sc1ccccc1-c1cccc(C(=O)NCc2ccc(C#N)cc2)c1. The Morgan fingerprint density at radius 3 is 2.50 bits per heavy atom. The summed E-state index contributed by atoms with van der Waals surface area (Å²) >= 11 is 1.65. The van der Waals surface area contributed by atoms with Gasteiger partial charge in [0.1, 0.15) is 0 Å². The van der Waals surface area contributed by atoms with Crippen LogP contribution >= 0.6 is 11.9 Å². The van der Waals surface area contributed by atoms with Gasteiger partial charge in [-0.15, -0.1) is 0 Å². The monoisotopic (exact) mass is 387 g/mol. The van der Waals surface area contributed by atoms with E-state index in [1.807, 2.05) is 66.9 Å². The van der Waals surface area contributed by atoms with Crippen LogP contribution in [0.1, 0.15) is 21.5 Å². The number of hydrogen-bond donors (Lipinski definition) is 1. The van der Waals surface area contributed by atoms with Crippen molar-refractivity contribution in [2.24, 2.45) is 0 Å². The number of carbonyl (C=O) groups is 1. The molecule has 0 heterocycles. The van der Waals surface area contributed by atoms with Gasteiger partial charge in [-0.25, -0.2) is 0 Å². The fraction of sp³-hybridized carbons (Fsp3) is 0.130. The van der Waals surface area contributed by atoms with Crippen molar-refractivity contribution in [1.29, 1.82) is 5.26 Å². The van der Waals surface area contributed by atoms with Gasteiger partial charge in [0.05, 0.1) is 11.6 Å². The maximum absolute atomic E-state index is 12.6. The highest BCUT2D eigenvalue weighted by Gasteiger charge is 2.10. The molecule has 3 aromatic carbocycles. The molecule has 0 aromatic heterocycles. The van der Waals surface area contributed by atoms with Crippen LogP contribution in [0.5, 0.6) is 0 Å². The van der Waals surface area contributed by atoms with E-state index in [1.165, 1.54) is 0 Å². The van der Waals surface area contributed by atoms with E-state index in [0.29, 0.717) is 17.7 Å². The molecule has 0 unspecified atom stereocenters. The van der Waals surface area contributed by atoms with Crippen molar-refractivity contribution in [3.05, 3.63) is 89.5 Å². The van der Waals surface area contributed by atoms with Gasteiger partial charge in [-0.05, 0) is 73.1 Å². The summed E-state index contributed by atoms with van der Waals surface area (Å²) in [6.07, 6.45) is 0. The van der Waals surface area contributed by atoms with Crippen molar-refractivity contribution in [1.82, 2.24) is 9.62 Å². The Kier molecular flexibility index (Phi) is 6.49. The van der Waals surface area contributed by atoms with Crippen LogP contribution < -0.4 is 5.32 Å². The molecule has 3 aromatic rings. The molecular formula is C23H21N3OS. The third kappa shape index (κ3) is 5.01. The minimum atomic E-state index is -0.121. The summed E-state index contributed by atoms with van der Waals surface area (Å²) in [7, 11) is 4.02. The zero-order chi connectivity index (χ0) is 19.9. The summed E-state index contributed by atoms with van der Waals surface area (Å²) < 4.78 is 2.05. The number of rotatable bonds is 6. The fourth-order valence-electron chi connectivity index (χ4n) is 2.79. The maximum Gasteiger partial charge on any atom is 0.251 e. The first kappa shape index (κ1) is 19.7. The number of hydrogen-bond acceptors (Lipinski definition) is 4. The van der Waals surface area contributed by atoms with Gasteiger partial charge in [-0.2, -0.15) is 5.26 Å². The van der Waals surface area contributed by atoms with E-state index in [1.54, 1.807) is 24.1 Å². The number of benzene rings is 3. The summed E-state index contributed by atoms with van der Waals surface area (Å²) in [5.41, 5.74) is 4.29. The smallest absolute Gasteiger partial charge is 0.251 e. The lowest BCUT2D eigenvalue weighted by atomic mass is 10.0. The molecule has 5 heteroatoms. The number of nitriles is 1. The Hall–Kier alpha value is -3.07. The molecule has 0 saturated carbocycles. The lowest BCUT2D eigenvalue weighted by Gasteiger charge is -2.14. The third-order valence-corrected chi connectivity index (χ3v) is 5.06.